The molecule has 1 aliphatic heterocycles. The molecule has 0 aromatic heterocycles. The van der Waals surface area contributed by atoms with Gasteiger partial charge in [-0.05, 0) is 19.8 Å². The maximum Gasteiger partial charge on any atom is 0.0954 e. The summed E-state index contributed by atoms with van der Waals surface area (Å²) in [5, 5.41) is 12.6. The summed E-state index contributed by atoms with van der Waals surface area (Å²) < 4.78 is 0. The van der Waals surface area contributed by atoms with E-state index in [0.29, 0.717) is 5.54 Å². The van der Waals surface area contributed by atoms with Crippen molar-refractivity contribution < 1.29 is 0 Å². The van der Waals surface area contributed by atoms with Gasteiger partial charge in [0.2, 0.25) is 0 Å². The fourth-order valence-electron chi connectivity index (χ4n) is 3.21. The predicted molar refractivity (Wildman–Crippen MR) is 60.5 cm³/mol. The minimum absolute atomic E-state index is 0.0743. The molecule has 0 aromatic rings. The van der Waals surface area contributed by atoms with Crippen molar-refractivity contribution in [1.82, 2.24) is 10.2 Å². The molecular formula is C12H21N3. The molecule has 3 heteroatoms. The first kappa shape index (κ1) is 10.9. The predicted octanol–water partition coefficient (Wildman–Crippen LogP) is 1.51. The van der Waals surface area contributed by atoms with E-state index in [1.165, 1.54) is 32.1 Å². The summed E-state index contributed by atoms with van der Waals surface area (Å²) in [5.41, 5.74) is 0.297. The van der Waals surface area contributed by atoms with Crippen LogP contribution in [0.3, 0.4) is 0 Å². The zero-order valence-corrected chi connectivity index (χ0v) is 9.63. The SMILES string of the molecule is CC(C#N)N1CCNCC12CCCCC2. The lowest BCUT2D eigenvalue weighted by atomic mass is 9.78. The summed E-state index contributed by atoms with van der Waals surface area (Å²) >= 11 is 0. The smallest absolute Gasteiger partial charge is 0.0954 e. The van der Waals surface area contributed by atoms with Crippen LogP contribution in [0.5, 0.6) is 0 Å². The van der Waals surface area contributed by atoms with Crippen LogP contribution >= 0.6 is 0 Å². The van der Waals surface area contributed by atoms with E-state index in [1.54, 1.807) is 0 Å². The second-order valence-corrected chi connectivity index (χ2v) is 4.96. The van der Waals surface area contributed by atoms with E-state index in [4.69, 9.17) is 5.26 Å². The molecule has 1 unspecified atom stereocenters. The van der Waals surface area contributed by atoms with Gasteiger partial charge in [0.15, 0.2) is 0 Å². The molecule has 1 saturated carbocycles. The van der Waals surface area contributed by atoms with Crippen molar-refractivity contribution in [1.29, 1.82) is 5.26 Å². The number of hydrogen-bond acceptors (Lipinski definition) is 3. The normalized spacial score (nSPS) is 28.5. The number of nitrogens with one attached hydrogen (secondary N) is 1. The fourth-order valence-corrected chi connectivity index (χ4v) is 3.21. The molecule has 1 atom stereocenters. The largest absolute Gasteiger partial charge is 0.314 e. The van der Waals surface area contributed by atoms with Crippen LogP contribution in [-0.4, -0.2) is 36.1 Å². The van der Waals surface area contributed by atoms with Gasteiger partial charge in [0, 0.05) is 25.2 Å². The van der Waals surface area contributed by atoms with Crippen LogP contribution < -0.4 is 5.32 Å². The Hall–Kier alpha value is -0.590. The second kappa shape index (κ2) is 4.51. The van der Waals surface area contributed by atoms with Crippen LogP contribution in [0.25, 0.3) is 0 Å². The van der Waals surface area contributed by atoms with Gasteiger partial charge in [0.05, 0.1) is 12.1 Å². The van der Waals surface area contributed by atoms with Crippen molar-refractivity contribution >= 4 is 0 Å². The van der Waals surface area contributed by atoms with E-state index >= 15 is 0 Å². The topological polar surface area (TPSA) is 39.1 Å². The van der Waals surface area contributed by atoms with Crippen LogP contribution in [0, 0.1) is 11.3 Å². The van der Waals surface area contributed by atoms with E-state index < -0.39 is 0 Å². The van der Waals surface area contributed by atoms with Gasteiger partial charge >= 0.3 is 0 Å². The summed E-state index contributed by atoms with van der Waals surface area (Å²) in [5.74, 6) is 0. The number of nitriles is 1. The molecule has 0 aromatic carbocycles. The van der Waals surface area contributed by atoms with E-state index in [-0.39, 0.29) is 6.04 Å². The summed E-state index contributed by atoms with van der Waals surface area (Å²) in [7, 11) is 0. The van der Waals surface area contributed by atoms with Crippen LogP contribution in [0.1, 0.15) is 39.0 Å². The van der Waals surface area contributed by atoms with Crippen LogP contribution in [0.4, 0.5) is 0 Å². The van der Waals surface area contributed by atoms with Crippen LogP contribution in [-0.2, 0) is 0 Å². The average molecular weight is 207 g/mol. The quantitative estimate of drug-likeness (QED) is 0.708. The molecule has 3 nitrogen and oxygen atoms in total. The maximum absolute atomic E-state index is 9.09. The Kier molecular flexibility index (Phi) is 3.28. The lowest BCUT2D eigenvalue weighted by Gasteiger charge is -2.51. The molecule has 1 aliphatic carbocycles. The highest BCUT2D eigenvalue weighted by Gasteiger charge is 2.41. The van der Waals surface area contributed by atoms with Gasteiger partial charge in [-0.3, -0.25) is 4.90 Å². The molecule has 1 heterocycles. The molecule has 2 fully saturated rings. The molecule has 1 saturated heterocycles. The van der Waals surface area contributed by atoms with E-state index in [0.717, 1.165) is 19.6 Å². The van der Waals surface area contributed by atoms with Crippen molar-refractivity contribution in [3.05, 3.63) is 0 Å². The first-order chi connectivity index (χ1) is 7.28. The number of hydrogen-bond donors (Lipinski definition) is 1. The van der Waals surface area contributed by atoms with Crippen molar-refractivity contribution in [3.8, 4) is 6.07 Å². The molecule has 2 aliphatic rings. The molecule has 0 bridgehead atoms. The fraction of sp³-hybridized carbons (Fsp3) is 0.917. The maximum atomic E-state index is 9.09. The second-order valence-electron chi connectivity index (χ2n) is 4.96. The molecule has 2 rings (SSSR count). The van der Waals surface area contributed by atoms with Gasteiger partial charge in [-0.1, -0.05) is 19.3 Å². The third-order valence-corrected chi connectivity index (χ3v) is 4.03. The molecule has 1 spiro atoms. The molecule has 15 heavy (non-hydrogen) atoms. The van der Waals surface area contributed by atoms with E-state index in [2.05, 4.69) is 16.3 Å². The Bertz CT molecular complexity index is 242. The highest BCUT2D eigenvalue weighted by Crippen LogP contribution is 2.35. The van der Waals surface area contributed by atoms with Crippen LogP contribution in [0.2, 0.25) is 0 Å². The Morgan fingerprint density at radius 3 is 2.73 bits per heavy atom. The molecule has 0 radical (unpaired) electrons. The van der Waals surface area contributed by atoms with E-state index in [9.17, 15) is 0 Å². The standard InChI is InChI=1S/C12H21N3/c1-11(9-13)15-8-7-14-10-12(15)5-3-2-4-6-12/h11,14H,2-8,10H2,1H3. The number of piperazine rings is 1. The lowest BCUT2D eigenvalue weighted by molar-refractivity contribution is 0.0136. The highest BCUT2D eigenvalue weighted by molar-refractivity contribution is 5.04. The van der Waals surface area contributed by atoms with Gasteiger partial charge in [-0.2, -0.15) is 5.26 Å². The molecular weight excluding hydrogens is 186 g/mol. The Balaban J connectivity index is 2.14. The monoisotopic (exact) mass is 207 g/mol. The highest BCUT2D eigenvalue weighted by atomic mass is 15.3. The van der Waals surface area contributed by atoms with Crippen molar-refractivity contribution in [2.45, 2.75) is 50.6 Å². The van der Waals surface area contributed by atoms with Gasteiger partial charge in [-0.15, -0.1) is 0 Å². The Labute approximate surface area is 92.4 Å². The first-order valence-electron chi connectivity index (χ1n) is 6.16. The number of rotatable bonds is 1. The summed E-state index contributed by atoms with van der Waals surface area (Å²) in [4.78, 5) is 2.45. The average Bonchev–Trinajstić information content (AvgIpc) is 2.30. The van der Waals surface area contributed by atoms with Gasteiger partial charge in [0.1, 0.15) is 0 Å². The zero-order chi connectivity index (χ0) is 10.7. The van der Waals surface area contributed by atoms with Gasteiger partial charge in [0.25, 0.3) is 0 Å². The summed E-state index contributed by atoms with van der Waals surface area (Å²) in [6.45, 7) is 5.20. The third kappa shape index (κ3) is 2.02. The minimum atomic E-state index is 0.0743. The lowest BCUT2D eigenvalue weighted by Crippen LogP contribution is -2.64. The molecule has 0 amide bonds. The van der Waals surface area contributed by atoms with Crippen molar-refractivity contribution in [2.24, 2.45) is 0 Å². The zero-order valence-electron chi connectivity index (χ0n) is 9.63. The van der Waals surface area contributed by atoms with Gasteiger partial charge in [-0.25, -0.2) is 0 Å². The minimum Gasteiger partial charge on any atom is -0.314 e. The summed E-state index contributed by atoms with van der Waals surface area (Å²) in [6, 6.07) is 2.48. The molecule has 84 valence electrons. The number of nitrogens with zero attached hydrogens (tertiary/aromatic N) is 2. The van der Waals surface area contributed by atoms with Gasteiger partial charge < -0.3 is 5.32 Å². The third-order valence-electron chi connectivity index (χ3n) is 4.03. The Morgan fingerprint density at radius 2 is 2.07 bits per heavy atom. The molecule has 1 N–H and O–H groups in total. The van der Waals surface area contributed by atoms with Crippen LogP contribution in [0.15, 0.2) is 0 Å². The van der Waals surface area contributed by atoms with Crippen molar-refractivity contribution in [2.75, 3.05) is 19.6 Å². The summed E-state index contributed by atoms with van der Waals surface area (Å²) in [6.07, 6.45) is 6.57. The Morgan fingerprint density at radius 1 is 1.33 bits per heavy atom. The first-order valence-corrected chi connectivity index (χ1v) is 6.16. The van der Waals surface area contributed by atoms with Crippen molar-refractivity contribution in [3.63, 3.8) is 0 Å². The van der Waals surface area contributed by atoms with E-state index in [1.807, 2.05) is 6.92 Å².